The largest absolute Gasteiger partial charge is 0.325 e. The highest BCUT2D eigenvalue weighted by Gasteiger charge is 2.42. The number of aryl methyl sites for hydroxylation is 1. The second-order valence-electron chi connectivity index (χ2n) is 8.21. The average molecular weight is 466 g/mol. The molecule has 164 valence electrons. The maximum absolute atomic E-state index is 13.4. The van der Waals surface area contributed by atoms with E-state index in [0.29, 0.717) is 38.3 Å². The summed E-state index contributed by atoms with van der Waals surface area (Å²) >= 11 is 6.57. The van der Waals surface area contributed by atoms with Gasteiger partial charge in [0.1, 0.15) is 10.9 Å². The molecule has 4 rings (SSSR count). The lowest BCUT2D eigenvalue weighted by Gasteiger charge is -2.17. The molecule has 0 radical (unpaired) electrons. The van der Waals surface area contributed by atoms with Gasteiger partial charge in [-0.25, -0.2) is 0 Å². The second kappa shape index (κ2) is 8.88. The van der Waals surface area contributed by atoms with Gasteiger partial charge >= 0.3 is 0 Å². The summed E-state index contributed by atoms with van der Waals surface area (Å²) < 4.78 is 0.451. The molecule has 1 fully saturated rings. The van der Waals surface area contributed by atoms with Crippen LogP contribution in [0.2, 0.25) is 0 Å². The number of hydrogen-bond acceptors (Lipinski definition) is 5. The zero-order valence-electron chi connectivity index (χ0n) is 18.0. The quantitative estimate of drug-likeness (QED) is 0.529. The summed E-state index contributed by atoms with van der Waals surface area (Å²) in [6, 6.07) is 14.7. The standard InChI is InChI=1S/C24H23N3O3S2/c1-14(2)12-27-23(30)21(32-24(27)31)20-17-9-4-5-10-18(17)26(22(20)29)13-19(28)25-16-8-6-7-15(3)11-16/h4-11,14H,12-13H2,1-3H3,(H,25,28)/b21-20-. The van der Waals surface area contributed by atoms with E-state index in [4.69, 9.17) is 12.2 Å². The normalized spacial score (nSPS) is 18.1. The number of hydrogen-bond donors (Lipinski definition) is 1. The van der Waals surface area contributed by atoms with Crippen molar-refractivity contribution in [2.45, 2.75) is 20.8 Å². The van der Waals surface area contributed by atoms with Gasteiger partial charge < -0.3 is 5.32 Å². The maximum atomic E-state index is 13.4. The van der Waals surface area contributed by atoms with Gasteiger partial charge in [-0.3, -0.25) is 24.2 Å². The van der Waals surface area contributed by atoms with Crippen LogP contribution in [-0.2, 0) is 14.4 Å². The number of anilines is 2. The van der Waals surface area contributed by atoms with Gasteiger partial charge in [-0.1, -0.05) is 68.2 Å². The molecule has 0 aromatic heterocycles. The third-order valence-electron chi connectivity index (χ3n) is 5.15. The minimum Gasteiger partial charge on any atom is -0.325 e. The van der Waals surface area contributed by atoms with Crippen molar-refractivity contribution in [1.29, 1.82) is 0 Å². The van der Waals surface area contributed by atoms with Crippen molar-refractivity contribution >= 4 is 63.0 Å². The summed E-state index contributed by atoms with van der Waals surface area (Å²) in [6.07, 6.45) is 0. The zero-order chi connectivity index (χ0) is 23.0. The van der Waals surface area contributed by atoms with Gasteiger partial charge in [0.15, 0.2) is 0 Å². The molecular formula is C24H23N3O3S2. The van der Waals surface area contributed by atoms with E-state index < -0.39 is 0 Å². The van der Waals surface area contributed by atoms with Crippen molar-refractivity contribution < 1.29 is 14.4 Å². The van der Waals surface area contributed by atoms with E-state index in [0.717, 1.165) is 17.3 Å². The van der Waals surface area contributed by atoms with Crippen LogP contribution in [-0.4, -0.2) is 40.0 Å². The Morgan fingerprint density at radius 1 is 1.06 bits per heavy atom. The highest BCUT2D eigenvalue weighted by atomic mass is 32.2. The first-order valence-electron chi connectivity index (χ1n) is 10.3. The van der Waals surface area contributed by atoms with Crippen LogP contribution in [0.4, 0.5) is 11.4 Å². The van der Waals surface area contributed by atoms with E-state index >= 15 is 0 Å². The van der Waals surface area contributed by atoms with Gasteiger partial charge in [0.2, 0.25) is 5.91 Å². The van der Waals surface area contributed by atoms with E-state index in [1.807, 2.05) is 51.1 Å². The van der Waals surface area contributed by atoms with Crippen molar-refractivity contribution in [3.05, 3.63) is 64.6 Å². The SMILES string of the molecule is Cc1cccc(NC(=O)CN2C(=O)/C(=C3\SC(=S)N(CC(C)C)C3=O)c3ccccc32)c1. The molecule has 0 saturated carbocycles. The molecule has 3 amide bonds. The molecule has 0 atom stereocenters. The highest BCUT2D eigenvalue weighted by Crippen LogP contribution is 2.44. The third kappa shape index (κ3) is 4.20. The monoisotopic (exact) mass is 465 g/mol. The van der Waals surface area contributed by atoms with Crippen LogP contribution < -0.4 is 10.2 Å². The number of thiocarbonyl (C=S) groups is 1. The Balaban J connectivity index is 1.64. The summed E-state index contributed by atoms with van der Waals surface area (Å²) in [5, 5.41) is 2.84. The number of rotatable bonds is 5. The smallest absolute Gasteiger partial charge is 0.267 e. The number of benzene rings is 2. The lowest BCUT2D eigenvalue weighted by atomic mass is 10.1. The molecule has 1 N–H and O–H groups in total. The van der Waals surface area contributed by atoms with E-state index in [9.17, 15) is 14.4 Å². The number of amides is 3. The summed E-state index contributed by atoms with van der Waals surface area (Å²) in [6.45, 7) is 6.31. The molecule has 2 aliphatic rings. The highest BCUT2D eigenvalue weighted by molar-refractivity contribution is 8.26. The molecule has 32 heavy (non-hydrogen) atoms. The van der Waals surface area contributed by atoms with Crippen LogP contribution in [0.15, 0.2) is 53.4 Å². The number of carbonyl (C=O) groups is 3. The van der Waals surface area contributed by atoms with Crippen LogP contribution in [0.25, 0.3) is 5.57 Å². The Morgan fingerprint density at radius 3 is 2.53 bits per heavy atom. The molecule has 0 aliphatic carbocycles. The minimum absolute atomic E-state index is 0.153. The molecule has 2 heterocycles. The van der Waals surface area contributed by atoms with Gasteiger partial charge in [-0.15, -0.1) is 0 Å². The number of para-hydroxylation sites is 1. The first-order valence-corrected chi connectivity index (χ1v) is 11.5. The van der Waals surface area contributed by atoms with Crippen LogP contribution in [0.5, 0.6) is 0 Å². The first-order chi connectivity index (χ1) is 15.3. The molecule has 6 nitrogen and oxygen atoms in total. The lowest BCUT2D eigenvalue weighted by molar-refractivity contribution is -0.122. The average Bonchev–Trinajstić information content (AvgIpc) is 3.15. The van der Waals surface area contributed by atoms with Crippen LogP contribution in [0.1, 0.15) is 25.0 Å². The van der Waals surface area contributed by atoms with Gasteiger partial charge in [-0.2, -0.15) is 0 Å². The fourth-order valence-corrected chi connectivity index (χ4v) is 5.14. The van der Waals surface area contributed by atoms with Crippen molar-refractivity contribution in [2.75, 3.05) is 23.3 Å². The fourth-order valence-electron chi connectivity index (χ4n) is 3.80. The predicted octanol–water partition coefficient (Wildman–Crippen LogP) is 4.21. The van der Waals surface area contributed by atoms with Crippen molar-refractivity contribution in [3.63, 3.8) is 0 Å². The predicted molar refractivity (Wildman–Crippen MR) is 132 cm³/mol. The molecular weight excluding hydrogens is 442 g/mol. The van der Waals surface area contributed by atoms with Crippen LogP contribution in [0, 0.1) is 12.8 Å². The Bertz CT molecular complexity index is 1170. The van der Waals surface area contributed by atoms with Gasteiger partial charge in [0.05, 0.1) is 16.2 Å². The van der Waals surface area contributed by atoms with Crippen molar-refractivity contribution in [3.8, 4) is 0 Å². The van der Waals surface area contributed by atoms with Crippen LogP contribution in [0.3, 0.4) is 0 Å². The molecule has 2 aromatic rings. The van der Waals surface area contributed by atoms with Crippen molar-refractivity contribution in [1.82, 2.24) is 4.90 Å². The summed E-state index contributed by atoms with van der Waals surface area (Å²) in [7, 11) is 0. The van der Waals surface area contributed by atoms with Crippen LogP contribution >= 0.6 is 24.0 Å². The first kappa shape index (κ1) is 22.2. The molecule has 8 heteroatoms. The topological polar surface area (TPSA) is 69.7 Å². The zero-order valence-corrected chi connectivity index (χ0v) is 19.7. The van der Waals surface area contributed by atoms with E-state index in [1.165, 1.54) is 4.90 Å². The Morgan fingerprint density at radius 2 is 1.81 bits per heavy atom. The number of nitrogens with zero attached hydrogens (tertiary/aromatic N) is 2. The molecule has 0 spiro atoms. The summed E-state index contributed by atoms with van der Waals surface area (Å²) in [5.41, 5.74) is 3.26. The number of thioether (sulfide) groups is 1. The molecule has 2 aromatic carbocycles. The van der Waals surface area contributed by atoms with Gasteiger partial charge in [0.25, 0.3) is 11.8 Å². The Labute approximate surface area is 196 Å². The fraction of sp³-hybridized carbons (Fsp3) is 0.250. The number of nitrogens with one attached hydrogen (secondary N) is 1. The van der Waals surface area contributed by atoms with Gasteiger partial charge in [-0.05, 0) is 36.6 Å². The molecule has 1 saturated heterocycles. The van der Waals surface area contributed by atoms with Gasteiger partial charge in [0, 0.05) is 17.8 Å². The summed E-state index contributed by atoms with van der Waals surface area (Å²) in [4.78, 5) is 42.6. The summed E-state index contributed by atoms with van der Waals surface area (Å²) in [5.74, 6) is -0.684. The Kier molecular flexibility index (Phi) is 6.17. The van der Waals surface area contributed by atoms with Crippen molar-refractivity contribution in [2.24, 2.45) is 5.92 Å². The molecule has 0 bridgehead atoms. The maximum Gasteiger partial charge on any atom is 0.267 e. The number of carbonyl (C=O) groups excluding carboxylic acids is 3. The Hall–Kier alpha value is -2.97. The lowest BCUT2D eigenvalue weighted by Crippen LogP contribution is -2.36. The minimum atomic E-state index is -0.365. The molecule has 2 aliphatic heterocycles. The van der Waals surface area contributed by atoms with E-state index in [2.05, 4.69) is 5.32 Å². The van der Waals surface area contributed by atoms with E-state index in [-0.39, 0.29) is 30.2 Å². The van der Waals surface area contributed by atoms with E-state index in [1.54, 1.807) is 23.1 Å². The molecule has 0 unspecified atom stereocenters. The number of fused-ring (bicyclic) bond motifs is 1. The second-order valence-corrected chi connectivity index (χ2v) is 9.85. The third-order valence-corrected chi connectivity index (χ3v) is 6.60.